The van der Waals surface area contributed by atoms with Crippen molar-refractivity contribution < 1.29 is 77.0 Å². The molecule has 0 spiro atoms. The second-order valence-corrected chi connectivity index (χ2v) is 10.3. The molecule has 170 valence electrons. The second kappa shape index (κ2) is 11.4. The molecule has 1 fully saturated rings. The summed E-state index contributed by atoms with van der Waals surface area (Å²) in [5.41, 5.74) is 0.785. The molecule has 0 radical (unpaired) electrons. The van der Waals surface area contributed by atoms with Crippen LogP contribution in [0.15, 0.2) is 23.8 Å². The van der Waals surface area contributed by atoms with Crippen molar-refractivity contribution in [2.45, 2.75) is 91.5 Å². The zero-order valence-corrected chi connectivity index (χ0v) is 23.2. The average molecular weight is 459 g/mol. The Labute approximate surface area is 231 Å². The van der Waals surface area contributed by atoms with Gasteiger partial charge in [-0.3, -0.25) is 9.59 Å². The van der Waals surface area contributed by atoms with Crippen LogP contribution in [0.25, 0.3) is 0 Å². The molecule has 0 bridgehead atoms. The summed E-state index contributed by atoms with van der Waals surface area (Å²) in [7, 11) is 0. The van der Waals surface area contributed by atoms with E-state index >= 15 is 0 Å². The van der Waals surface area contributed by atoms with Crippen LogP contribution in [0.1, 0.15) is 74.6 Å². The molecule has 2 aliphatic carbocycles. The Morgan fingerprint density at radius 2 is 2.00 bits per heavy atom. The smallest absolute Gasteiger partial charge is 1.00 e. The summed E-state index contributed by atoms with van der Waals surface area (Å²) in [5.74, 6) is 0.776. The number of aliphatic hydroxyl groups excluding tert-OH is 1. The van der Waals surface area contributed by atoms with Gasteiger partial charge in [0.25, 0.3) is 0 Å². The van der Waals surface area contributed by atoms with E-state index in [1.54, 1.807) is 0 Å². The molecule has 31 heavy (non-hydrogen) atoms. The van der Waals surface area contributed by atoms with Crippen LogP contribution in [0.5, 0.6) is 0 Å². The molecule has 1 saturated heterocycles. The first-order valence-corrected chi connectivity index (χ1v) is 11.6. The Morgan fingerprint density at radius 1 is 1.29 bits per heavy atom. The normalized spacial score (nSPS) is 35.4. The number of allylic oxidation sites excluding steroid dienone is 3. The monoisotopic (exact) mass is 458 g/mol. The van der Waals surface area contributed by atoms with Gasteiger partial charge < -0.3 is 16.0 Å². The van der Waals surface area contributed by atoms with Gasteiger partial charge >= 0.3 is 63.3 Å². The van der Waals surface area contributed by atoms with Gasteiger partial charge in [0.1, 0.15) is 12.2 Å². The number of hydrogen-bond donors (Lipinski definition) is 1. The number of ether oxygens (including phenoxy) is 2. The molecule has 1 N–H and O–H groups in total. The van der Waals surface area contributed by atoms with Gasteiger partial charge in [-0.15, -0.1) is 0 Å². The molecule has 1 aliphatic heterocycles. The molecule has 3 aliphatic rings. The van der Waals surface area contributed by atoms with Gasteiger partial charge in [-0.25, -0.2) is 0 Å². The predicted molar refractivity (Wildman–Crippen MR) is 117 cm³/mol. The third kappa shape index (κ3) is 6.76. The maximum Gasteiger partial charge on any atom is 1.00 e. The second-order valence-electron chi connectivity index (χ2n) is 10.3. The number of carbonyl (C=O) groups is 2. The summed E-state index contributed by atoms with van der Waals surface area (Å²) in [6.45, 7) is 10.3. The van der Waals surface area contributed by atoms with E-state index in [0.717, 1.165) is 25.7 Å². The molecule has 0 unspecified atom stereocenters. The molecule has 0 aromatic rings. The van der Waals surface area contributed by atoms with E-state index < -0.39 is 11.5 Å². The summed E-state index contributed by atoms with van der Waals surface area (Å²) in [5, 5.41) is 9.92. The van der Waals surface area contributed by atoms with Crippen LogP contribution in [0.4, 0.5) is 0 Å². The van der Waals surface area contributed by atoms with Gasteiger partial charge in [0.05, 0.1) is 17.9 Å². The summed E-state index contributed by atoms with van der Waals surface area (Å²) in [6.07, 6.45) is 9.61. The van der Waals surface area contributed by atoms with Crippen molar-refractivity contribution >= 4 is 11.9 Å². The average Bonchev–Trinajstić information content (AvgIpc) is 2.66. The molecule has 0 aromatic carbocycles. The van der Waals surface area contributed by atoms with Crippen molar-refractivity contribution in [3.63, 3.8) is 0 Å². The van der Waals surface area contributed by atoms with Gasteiger partial charge in [-0.2, -0.15) is 0 Å². The van der Waals surface area contributed by atoms with Gasteiger partial charge in [-0.1, -0.05) is 39.0 Å². The van der Waals surface area contributed by atoms with Gasteiger partial charge in [0, 0.05) is 12.3 Å². The molecular formula is C25H39KO5. The van der Waals surface area contributed by atoms with Crippen LogP contribution >= 0.6 is 0 Å². The Morgan fingerprint density at radius 3 is 2.65 bits per heavy atom. The minimum absolute atomic E-state index is 0. The molecule has 6 heteroatoms. The predicted octanol–water partition coefficient (Wildman–Crippen LogP) is 1.70. The van der Waals surface area contributed by atoms with Crippen molar-refractivity contribution in [3.8, 4) is 0 Å². The van der Waals surface area contributed by atoms with Crippen LogP contribution < -0.4 is 51.4 Å². The minimum atomic E-state index is -0.601. The van der Waals surface area contributed by atoms with Crippen LogP contribution in [0, 0.1) is 29.1 Å². The first-order valence-electron chi connectivity index (χ1n) is 11.6. The first-order chi connectivity index (χ1) is 14.1. The van der Waals surface area contributed by atoms with E-state index in [1.807, 2.05) is 20.8 Å². The van der Waals surface area contributed by atoms with Crippen LogP contribution in [-0.2, 0) is 19.1 Å². The van der Waals surface area contributed by atoms with E-state index in [0.29, 0.717) is 24.2 Å². The first kappa shape index (κ1) is 27.3. The van der Waals surface area contributed by atoms with Crippen molar-refractivity contribution in [1.82, 2.24) is 0 Å². The van der Waals surface area contributed by atoms with Gasteiger partial charge in [-0.05, 0) is 62.9 Å². The SMILES string of the molecule is CCC(C)(C)C(=O)O[C@@H]1C[C@H](C)C=C2C=C[C@@H](C)[C@@H](CC[C@@H]3C[C@H](O)CC(=O)O3)[C@@H]21.[H-].[K+]. The Balaban J connectivity index is 0.00000256. The minimum Gasteiger partial charge on any atom is -1.00 e. The van der Waals surface area contributed by atoms with Crippen LogP contribution in [0.2, 0.25) is 0 Å². The molecule has 0 amide bonds. The Hall–Kier alpha value is 0.0164. The van der Waals surface area contributed by atoms with E-state index in [9.17, 15) is 14.7 Å². The fourth-order valence-electron chi connectivity index (χ4n) is 5.08. The third-order valence-corrected chi connectivity index (χ3v) is 7.35. The van der Waals surface area contributed by atoms with Gasteiger partial charge in [0.2, 0.25) is 0 Å². The van der Waals surface area contributed by atoms with Crippen LogP contribution in [-0.4, -0.2) is 35.4 Å². The summed E-state index contributed by atoms with van der Waals surface area (Å²) in [6, 6.07) is 0. The number of fused-ring (bicyclic) bond motifs is 1. The zero-order chi connectivity index (χ0) is 22.1. The Bertz CT molecular complexity index is 719. The summed E-state index contributed by atoms with van der Waals surface area (Å²) < 4.78 is 11.6. The standard InChI is InChI=1S/C25H38O5.K.H/c1-6-25(4,5)24(28)30-21-12-15(2)11-17-8-7-16(3)20(23(17)21)10-9-19-13-18(26)14-22(27)29-19;;/h7-8,11,15-16,18-21,23,26H,6,9-10,12-14H2,1-5H3;;/q;+1;-1/t15-,16-,18+,19-,20-,21-,23-;;/m1../s1. The molecule has 0 saturated carbocycles. The van der Waals surface area contributed by atoms with Crippen molar-refractivity contribution in [2.75, 3.05) is 0 Å². The number of carbonyl (C=O) groups excluding carboxylic acids is 2. The quantitative estimate of drug-likeness (QED) is 0.485. The number of esters is 2. The molecule has 3 rings (SSSR count). The fraction of sp³-hybridized carbons (Fsp3) is 0.760. The van der Waals surface area contributed by atoms with E-state index in [1.165, 1.54) is 5.57 Å². The number of aliphatic hydroxyl groups is 1. The molecule has 5 nitrogen and oxygen atoms in total. The largest absolute Gasteiger partial charge is 1.00 e. The van der Waals surface area contributed by atoms with E-state index in [-0.39, 0.29) is 89.3 Å². The number of hydrogen-bond acceptors (Lipinski definition) is 5. The number of rotatable bonds is 6. The molecule has 0 aromatic heterocycles. The molecule has 7 atom stereocenters. The summed E-state index contributed by atoms with van der Waals surface area (Å²) in [4.78, 5) is 24.6. The fourth-order valence-corrected chi connectivity index (χ4v) is 5.08. The van der Waals surface area contributed by atoms with Crippen molar-refractivity contribution in [3.05, 3.63) is 23.8 Å². The van der Waals surface area contributed by atoms with Crippen LogP contribution in [0.3, 0.4) is 0 Å². The van der Waals surface area contributed by atoms with Gasteiger partial charge in [0.15, 0.2) is 0 Å². The molecular weight excluding hydrogens is 419 g/mol. The van der Waals surface area contributed by atoms with E-state index in [4.69, 9.17) is 9.47 Å². The molecule has 1 heterocycles. The van der Waals surface area contributed by atoms with E-state index in [2.05, 4.69) is 32.1 Å². The van der Waals surface area contributed by atoms with Crippen molar-refractivity contribution in [1.29, 1.82) is 0 Å². The third-order valence-electron chi connectivity index (χ3n) is 7.35. The number of cyclic esters (lactones) is 1. The maximum absolute atomic E-state index is 12.9. The summed E-state index contributed by atoms with van der Waals surface area (Å²) >= 11 is 0. The maximum atomic E-state index is 12.9. The Kier molecular flexibility index (Phi) is 10.1. The topological polar surface area (TPSA) is 72.8 Å². The zero-order valence-electron chi connectivity index (χ0n) is 21.1. The van der Waals surface area contributed by atoms with Crippen molar-refractivity contribution in [2.24, 2.45) is 29.1 Å².